The van der Waals surface area contributed by atoms with Crippen LogP contribution in [0.3, 0.4) is 0 Å². The number of fused-ring (bicyclic) bond motifs is 1. The molecular weight excluding hydrogens is 298 g/mol. The van der Waals surface area contributed by atoms with Gasteiger partial charge in [0, 0.05) is 6.07 Å². The van der Waals surface area contributed by atoms with Crippen molar-refractivity contribution in [2.75, 3.05) is 6.61 Å². The fourth-order valence-electron chi connectivity index (χ4n) is 2.65. The monoisotopic (exact) mass is 319 g/mol. The Labute approximate surface area is 133 Å². The Bertz CT molecular complexity index is 780. The van der Waals surface area contributed by atoms with Crippen molar-refractivity contribution in [3.63, 3.8) is 0 Å². The van der Waals surface area contributed by atoms with E-state index in [1.165, 1.54) is 16.7 Å². The van der Waals surface area contributed by atoms with Gasteiger partial charge in [-0.25, -0.2) is 4.79 Å². The van der Waals surface area contributed by atoms with Crippen molar-refractivity contribution in [3.05, 3.63) is 45.7 Å². The lowest BCUT2D eigenvalue weighted by Gasteiger charge is -2.19. The molecule has 6 nitrogen and oxygen atoms in total. The number of aliphatic hydroxyl groups excluding tert-OH is 2. The predicted octanol–water partition coefficient (Wildman–Crippen LogP) is 1.57. The maximum Gasteiger partial charge on any atom is 0.335 e. The highest BCUT2D eigenvalue weighted by Gasteiger charge is 2.17. The minimum absolute atomic E-state index is 0.0392. The van der Waals surface area contributed by atoms with Gasteiger partial charge in [0.05, 0.1) is 30.3 Å². The van der Waals surface area contributed by atoms with Crippen LogP contribution in [-0.4, -0.2) is 38.6 Å². The molecule has 0 aliphatic heterocycles. The maximum absolute atomic E-state index is 12.2. The Morgan fingerprint density at radius 1 is 1.30 bits per heavy atom. The first-order valence-electron chi connectivity index (χ1n) is 7.58. The Balaban J connectivity index is 2.82. The summed E-state index contributed by atoms with van der Waals surface area (Å²) in [7, 11) is 0. The van der Waals surface area contributed by atoms with Crippen molar-refractivity contribution in [3.8, 4) is 0 Å². The lowest BCUT2D eigenvalue weighted by atomic mass is 9.93. The molecule has 124 valence electrons. The van der Waals surface area contributed by atoms with Crippen LogP contribution < -0.4 is 5.56 Å². The molecule has 2 aromatic rings. The number of aromatic carboxylic acids is 1. The third kappa shape index (κ3) is 3.43. The van der Waals surface area contributed by atoms with Gasteiger partial charge in [0.25, 0.3) is 5.56 Å². The molecule has 2 atom stereocenters. The summed E-state index contributed by atoms with van der Waals surface area (Å²) < 4.78 is 1.41. The minimum Gasteiger partial charge on any atom is -0.478 e. The molecule has 0 aliphatic rings. The molecule has 6 heteroatoms. The van der Waals surface area contributed by atoms with Crippen LogP contribution >= 0.6 is 0 Å². The van der Waals surface area contributed by atoms with Crippen LogP contribution in [0.4, 0.5) is 0 Å². The van der Waals surface area contributed by atoms with E-state index in [4.69, 9.17) is 5.11 Å². The number of benzene rings is 1. The van der Waals surface area contributed by atoms with Crippen molar-refractivity contribution >= 4 is 16.9 Å². The van der Waals surface area contributed by atoms with Crippen LogP contribution in [0, 0.1) is 0 Å². The van der Waals surface area contributed by atoms with Crippen molar-refractivity contribution in [2.45, 2.75) is 38.8 Å². The van der Waals surface area contributed by atoms with Gasteiger partial charge in [-0.15, -0.1) is 0 Å². The standard InChI is InChI=1S/C17H21NO5/c1-3-10(2)14-7-12(17(22)23)6-11-4-5-15(21)18(16(11)14)8-13(20)9-19/h4-7,10,13,19-20H,3,8-9H2,1-2H3,(H,22,23). The largest absolute Gasteiger partial charge is 0.478 e. The zero-order chi connectivity index (χ0) is 17.1. The molecule has 23 heavy (non-hydrogen) atoms. The Morgan fingerprint density at radius 3 is 2.57 bits per heavy atom. The van der Waals surface area contributed by atoms with E-state index in [9.17, 15) is 19.8 Å². The summed E-state index contributed by atoms with van der Waals surface area (Å²) in [5.74, 6) is -0.972. The van der Waals surface area contributed by atoms with E-state index in [0.29, 0.717) is 10.9 Å². The van der Waals surface area contributed by atoms with Crippen LogP contribution in [0.2, 0.25) is 0 Å². The van der Waals surface area contributed by atoms with E-state index in [2.05, 4.69) is 0 Å². The molecule has 0 bridgehead atoms. The van der Waals surface area contributed by atoms with Gasteiger partial charge >= 0.3 is 5.97 Å². The molecule has 1 heterocycles. The van der Waals surface area contributed by atoms with Crippen molar-refractivity contribution in [1.82, 2.24) is 4.57 Å². The smallest absolute Gasteiger partial charge is 0.335 e. The second kappa shape index (κ2) is 6.93. The molecule has 1 aromatic carbocycles. The predicted molar refractivity (Wildman–Crippen MR) is 87.0 cm³/mol. The zero-order valence-electron chi connectivity index (χ0n) is 13.2. The lowest BCUT2D eigenvalue weighted by Crippen LogP contribution is -2.29. The van der Waals surface area contributed by atoms with Crippen molar-refractivity contribution < 1.29 is 20.1 Å². The van der Waals surface area contributed by atoms with Crippen LogP contribution in [0.25, 0.3) is 10.9 Å². The SMILES string of the molecule is CCC(C)c1cc(C(=O)O)cc2ccc(=O)n(CC(O)CO)c12. The number of aliphatic hydroxyl groups is 2. The molecule has 0 saturated carbocycles. The molecule has 0 aliphatic carbocycles. The van der Waals surface area contributed by atoms with E-state index in [1.807, 2.05) is 13.8 Å². The fourth-order valence-corrected chi connectivity index (χ4v) is 2.65. The van der Waals surface area contributed by atoms with E-state index in [-0.39, 0.29) is 23.6 Å². The fraction of sp³-hybridized carbons (Fsp3) is 0.412. The summed E-state index contributed by atoms with van der Waals surface area (Å²) in [6, 6.07) is 6.04. The average molecular weight is 319 g/mol. The summed E-state index contributed by atoms with van der Waals surface area (Å²) in [6.45, 7) is 3.46. The average Bonchev–Trinajstić information content (AvgIpc) is 2.55. The van der Waals surface area contributed by atoms with Gasteiger partial charge in [-0.2, -0.15) is 0 Å². The first kappa shape index (κ1) is 17.2. The van der Waals surface area contributed by atoms with E-state index >= 15 is 0 Å². The highest BCUT2D eigenvalue weighted by molar-refractivity contribution is 5.95. The second-order valence-corrected chi connectivity index (χ2v) is 5.74. The van der Waals surface area contributed by atoms with Crippen LogP contribution in [0.1, 0.15) is 42.1 Å². The van der Waals surface area contributed by atoms with E-state index in [1.54, 1.807) is 12.1 Å². The summed E-state index contributed by atoms with van der Waals surface area (Å²) in [5, 5.41) is 28.7. The molecular formula is C17H21NO5. The van der Waals surface area contributed by atoms with Gasteiger partial charge in [-0.3, -0.25) is 4.79 Å². The topological polar surface area (TPSA) is 99.8 Å². The van der Waals surface area contributed by atoms with Gasteiger partial charge in [0.1, 0.15) is 0 Å². The van der Waals surface area contributed by atoms with Crippen LogP contribution in [-0.2, 0) is 6.54 Å². The Kier molecular flexibility index (Phi) is 5.18. The van der Waals surface area contributed by atoms with Crippen molar-refractivity contribution in [2.24, 2.45) is 0 Å². The zero-order valence-corrected chi connectivity index (χ0v) is 13.2. The number of nitrogens with zero attached hydrogens (tertiary/aromatic N) is 1. The quantitative estimate of drug-likeness (QED) is 0.750. The van der Waals surface area contributed by atoms with Crippen LogP contribution in [0.15, 0.2) is 29.1 Å². The highest BCUT2D eigenvalue weighted by atomic mass is 16.4. The van der Waals surface area contributed by atoms with E-state index < -0.39 is 18.7 Å². The maximum atomic E-state index is 12.2. The summed E-state index contributed by atoms with van der Waals surface area (Å²) in [6.07, 6.45) is -0.272. The number of hydrogen-bond acceptors (Lipinski definition) is 4. The number of carboxylic acid groups (broad SMARTS) is 1. The minimum atomic E-state index is -1.05. The van der Waals surface area contributed by atoms with Gasteiger partial charge < -0.3 is 19.9 Å². The normalized spacial score (nSPS) is 13.9. The summed E-state index contributed by atoms with van der Waals surface area (Å²) >= 11 is 0. The Hall–Kier alpha value is -2.18. The third-order valence-electron chi connectivity index (χ3n) is 4.10. The molecule has 0 saturated heterocycles. The number of rotatable bonds is 6. The Morgan fingerprint density at radius 2 is 2.00 bits per heavy atom. The van der Waals surface area contributed by atoms with Gasteiger partial charge in [0.15, 0.2) is 0 Å². The third-order valence-corrected chi connectivity index (χ3v) is 4.10. The molecule has 0 fully saturated rings. The van der Waals surface area contributed by atoms with Gasteiger partial charge in [-0.05, 0) is 41.5 Å². The first-order chi connectivity index (χ1) is 10.9. The molecule has 0 radical (unpaired) electrons. The highest BCUT2D eigenvalue weighted by Crippen LogP contribution is 2.28. The van der Waals surface area contributed by atoms with Crippen LogP contribution in [0.5, 0.6) is 0 Å². The molecule has 3 N–H and O–H groups in total. The number of aromatic nitrogens is 1. The summed E-state index contributed by atoms with van der Waals surface area (Å²) in [5.41, 5.74) is 1.24. The molecule has 0 amide bonds. The number of hydrogen-bond donors (Lipinski definition) is 3. The molecule has 0 spiro atoms. The van der Waals surface area contributed by atoms with E-state index in [0.717, 1.165) is 12.0 Å². The first-order valence-corrected chi connectivity index (χ1v) is 7.58. The summed E-state index contributed by atoms with van der Waals surface area (Å²) in [4.78, 5) is 23.6. The number of pyridine rings is 1. The molecule has 2 unspecified atom stereocenters. The van der Waals surface area contributed by atoms with Crippen molar-refractivity contribution in [1.29, 1.82) is 0 Å². The molecule has 1 aromatic heterocycles. The molecule has 2 rings (SSSR count). The van der Waals surface area contributed by atoms with Gasteiger partial charge in [0.2, 0.25) is 0 Å². The number of carbonyl (C=O) groups is 1. The number of carboxylic acids is 1. The lowest BCUT2D eigenvalue weighted by molar-refractivity contribution is 0.0696. The second-order valence-electron chi connectivity index (χ2n) is 5.74. The van der Waals surface area contributed by atoms with Gasteiger partial charge in [-0.1, -0.05) is 13.8 Å².